The van der Waals surface area contributed by atoms with Gasteiger partial charge >= 0.3 is 0 Å². The third-order valence-electron chi connectivity index (χ3n) is 2.60. The van der Waals surface area contributed by atoms with E-state index >= 15 is 0 Å². The predicted octanol–water partition coefficient (Wildman–Crippen LogP) is 1.32. The van der Waals surface area contributed by atoms with Crippen LogP contribution >= 0.6 is 0 Å². The van der Waals surface area contributed by atoms with Gasteiger partial charge in [0.2, 0.25) is 0 Å². The largest absolute Gasteiger partial charge is 0.399 e. The van der Waals surface area contributed by atoms with Crippen LogP contribution in [-0.2, 0) is 0 Å². The van der Waals surface area contributed by atoms with E-state index in [1.807, 2.05) is 20.8 Å². The second-order valence-electron chi connectivity index (χ2n) is 4.65. The average molecular weight is 236 g/mol. The van der Waals surface area contributed by atoms with Crippen LogP contribution in [0.1, 0.15) is 29.8 Å². The van der Waals surface area contributed by atoms with Crippen LogP contribution in [0.5, 0.6) is 0 Å². The van der Waals surface area contributed by atoms with Crippen LogP contribution in [-0.4, -0.2) is 23.7 Å². The van der Waals surface area contributed by atoms with Crippen molar-refractivity contribution in [3.05, 3.63) is 29.3 Å². The molecule has 1 rings (SSSR count). The topological polar surface area (TPSA) is 75.4 Å². The van der Waals surface area contributed by atoms with Gasteiger partial charge in [-0.05, 0) is 36.6 Å². The van der Waals surface area contributed by atoms with Gasteiger partial charge in [0.15, 0.2) is 0 Å². The molecule has 4 heteroatoms. The number of carbonyl (C=O) groups excluding carboxylic acids is 1. The minimum absolute atomic E-state index is 0.123. The summed E-state index contributed by atoms with van der Waals surface area (Å²) in [5.41, 5.74) is 7.71. The number of benzene rings is 1. The van der Waals surface area contributed by atoms with E-state index in [1.165, 1.54) is 0 Å². The minimum Gasteiger partial charge on any atom is -0.399 e. The lowest BCUT2D eigenvalue weighted by atomic mass is 10.1. The summed E-state index contributed by atoms with van der Waals surface area (Å²) in [7, 11) is 0. The summed E-state index contributed by atoms with van der Waals surface area (Å²) in [5.74, 6) is -0.0852. The Balaban J connectivity index is 2.64. The van der Waals surface area contributed by atoms with Crippen LogP contribution in [0.4, 0.5) is 5.69 Å². The lowest BCUT2D eigenvalue weighted by molar-refractivity contribution is 0.0871. The number of aryl methyl sites for hydroxylation is 1. The summed E-state index contributed by atoms with van der Waals surface area (Å²) < 4.78 is 0. The van der Waals surface area contributed by atoms with Crippen LogP contribution in [0.3, 0.4) is 0 Å². The Hall–Kier alpha value is -1.55. The molecule has 1 amide bonds. The first-order valence-corrected chi connectivity index (χ1v) is 5.73. The van der Waals surface area contributed by atoms with Crippen LogP contribution in [0.15, 0.2) is 18.2 Å². The zero-order valence-electron chi connectivity index (χ0n) is 10.5. The highest BCUT2D eigenvalue weighted by atomic mass is 16.3. The first-order valence-electron chi connectivity index (χ1n) is 5.73. The van der Waals surface area contributed by atoms with Crippen LogP contribution in [0.25, 0.3) is 0 Å². The van der Waals surface area contributed by atoms with Crippen LogP contribution in [0.2, 0.25) is 0 Å². The zero-order valence-corrected chi connectivity index (χ0v) is 10.5. The van der Waals surface area contributed by atoms with E-state index in [0.29, 0.717) is 11.3 Å². The molecule has 0 spiro atoms. The fourth-order valence-electron chi connectivity index (χ4n) is 1.48. The number of hydrogen-bond donors (Lipinski definition) is 3. The molecule has 17 heavy (non-hydrogen) atoms. The Labute approximate surface area is 102 Å². The van der Waals surface area contributed by atoms with E-state index in [9.17, 15) is 9.90 Å². The number of anilines is 1. The number of aliphatic hydroxyl groups excluding tert-OH is 1. The highest BCUT2D eigenvalue weighted by molar-refractivity contribution is 5.95. The van der Waals surface area contributed by atoms with Crippen LogP contribution in [0, 0.1) is 12.8 Å². The Morgan fingerprint density at radius 3 is 2.59 bits per heavy atom. The number of nitrogens with two attached hydrogens (primary N) is 1. The Bertz CT molecular complexity index is 382. The predicted molar refractivity (Wildman–Crippen MR) is 68.8 cm³/mol. The SMILES string of the molecule is Cc1cc(N)cc(C(=O)NCC(O)C(C)C)c1. The quantitative estimate of drug-likeness (QED) is 0.690. The lowest BCUT2D eigenvalue weighted by Crippen LogP contribution is -2.34. The summed E-state index contributed by atoms with van der Waals surface area (Å²) in [5, 5.41) is 12.3. The lowest BCUT2D eigenvalue weighted by Gasteiger charge is -2.15. The number of hydrogen-bond acceptors (Lipinski definition) is 3. The van der Waals surface area contributed by atoms with Gasteiger partial charge in [0.25, 0.3) is 5.91 Å². The zero-order chi connectivity index (χ0) is 13.0. The van der Waals surface area contributed by atoms with E-state index in [2.05, 4.69) is 5.32 Å². The molecule has 1 atom stereocenters. The molecular formula is C13H20N2O2. The Kier molecular flexibility index (Phi) is 4.52. The molecule has 0 heterocycles. The Morgan fingerprint density at radius 1 is 1.41 bits per heavy atom. The fraction of sp³-hybridized carbons (Fsp3) is 0.462. The highest BCUT2D eigenvalue weighted by Gasteiger charge is 2.12. The molecule has 0 saturated heterocycles. The van der Waals surface area contributed by atoms with E-state index in [1.54, 1.807) is 18.2 Å². The average Bonchev–Trinajstić information content (AvgIpc) is 2.23. The molecule has 0 aliphatic heterocycles. The molecule has 4 N–H and O–H groups in total. The molecule has 94 valence electrons. The van der Waals surface area contributed by atoms with E-state index in [0.717, 1.165) is 5.56 Å². The maximum Gasteiger partial charge on any atom is 0.251 e. The number of nitrogen functional groups attached to an aromatic ring is 1. The maximum atomic E-state index is 11.8. The summed E-state index contributed by atoms with van der Waals surface area (Å²) in [6, 6.07) is 5.21. The molecule has 0 aliphatic rings. The number of amides is 1. The molecule has 0 bridgehead atoms. The number of rotatable bonds is 4. The number of aliphatic hydroxyl groups is 1. The summed E-state index contributed by atoms with van der Waals surface area (Å²) in [4.78, 5) is 11.8. The molecule has 0 aliphatic carbocycles. The molecule has 0 saturated carbocycles. The molecular weight excluding hydrogens is 216 g/mol. The first-order chi connectivity index (χ1) is 7.90. The third-order valence-corrected chi connectivity index (χ3v) is 2.60. The molecule has 0 radical (unpaired) electrons. The Morgan fingerprint density at radius 2 is 2.06 bits per heavy atom. The van der Waals surface area contributed by atoms with Crippen molar-refractivity contribution < 1.29 is 9.90 Å². The van der Waals surface area contributed by atoms with E-state index < -0.39 is 6.10 Å². The molecule has 1 aromatic rings. The van der Waals surface area contributed by atoms with Gasteiger partial charge in [0.1, 0.15) is 0 Å². The first kappa shape index (κ1) is 13.5. The minimum atomic E-state index is -0.527. The van der Waals surface area contributed by atoms with Crippen molar-refractivity contribution in [2.45, 2.75) is 26.9 Å². The summed E-state index contributed by atoms with van der Waals surface area (Å²) in [6.07, 6.45) is -0.527. The van der Waals surface area contributed by atoms with Crippen molar-refractivity contribution in [3.63, 3.8) is 0 Å². The van der Waals surface area contributed by atoms with Crippen molar-refractivity contribution in [1.29, 1.82) is 0 Å². The highest BCUT2D eigenvalue weighted by Crippen LogP contribution is 2.11. The van der Waals surface area contributed by atoms with Crippen LogP contribution < -0.4 is 11.1 Å². The van der Waals surface area contributed by atoms with Crippen molar-refractivity contribution in [2.24, 2.45) is 5.92 Å². The van der Waals surface area contributed by atoms with Gasteiger partial charge in [-0.3, -0.25) is 4.79 Å². The fourth-order valence-corrected chi connectivity index (χ4v) is 1.48. The second kappa shape index (κ2) is 5.68. The molecule has 1 unspecified atom stereocenters. The molecule has 0 fully saturated rings. The van der Waals surface area contributed by atoms with Crippen molar-refractivity contribution in [3.8, 4) is 0 Å². The van der Waals surface area contributed by atoms with Crippen molar-refractivity contribution in [2.75, 3.05) is 12.3 Å². The smallest absolute Gasteiger partial charge is 0.251 e. The second-order valence-corrected chi connectivity index (χ2v) is 4.65. The maximum absolute atomic E-state index is 11.8. The van der Waals surface area contributed by atoms with Gasteiger partial charge < -0.3 is 16.2 Å². The number of carbonyl (C=O) groups is 1. The van der Waals surface area contributed by atoms with E-state index in [4.69, 9.17) is 5.73 Å². The summed E-state index contributed by atoms with van der Waals surface area (Å²) in [6.45, 7) is 5.95. The normalized spacial score (nSPS) is 12.5. The van der Waals surface area contributed by atoms with Gasteiger partial charge in [-0.1, -0.05) is 13.8 Å². The molecule has 0 aromatic heterocycles. The number of nitrogens with one attached hydrogen (secondary N) is 1. The molecule has 4 nitrogen and oxygen atoms in total. The van der Waals surface area contributed by atoms with Gasteiger partial charge in [0, 0.05) is 17.8 Å². The van der Waals surface area contributed by atoms with Gasteiger partial charge in [-0.15, -0.1) is 0 Å². The van der Waals surface area contributed by atoms with E-state index in [-0.39, 0.29) is 18.4 Å². The van der Waals surface area contributed by atoms with Crippen molar-refractivity contribution >= 4 is 11.6 Å². The van der Waals surface area contributed by atoms with Gasteiger partial charge in [-0.2, -0.15) is 0 Å². The van der Waals surface area contributed by atoms with Crippen molar-refractivity contribution in [1.82, 2.24) is 5.32 Å². The summed E-state index contributed by atoms with van der Waals surface area (Å²) >= 11 is 0. The van der Waals surface area contributed by atoms with Gasteiger partial charge in [-0.25, -0.2) is 0 Å². The third kappa shape index (κ3) is 4.07. The monoisotopic (exact) mass is 236 g/mol. The molecule has 1 aromatic carbocycles. The van der Waals surface area contributed by atoms with Gasteiger partial charge in [0.05, 0.1) is 6.10 Å². The standard InChI is InChI=1S/C13H20N2O2/c1-8(2)12(16)7-15-13(17)10-4-9(3)5-11(14)6-10/h4-6,8,12,16H,7,14H2,1-3H3,(H,15,17).